The van der Waals surface area contributed by atoms with Crippen molar-refractivity contribution >= 4 is 40.6 Å². The van der Waals surface area contributed by atoms with Crippen LogP contribution in [-0.4, -0.2) is 74.0 Å². The van der Waals surface area contributed by atoms with E-state index < -0.39 is 4.92 Å². The Morgan fingerprint density at radius 1 is 0.329 bits per heavy atom. The van der Waals surface area contributed by atoms with Crippen LogP contribution in [-0.2, 0) is 54.5 Å². The molecular weight excluding hydrogens is 1810 g/mol. The second-order valence-electron chi connectivity index (χ2n) is 54.1. The zero-order valence-corrected chi connectivity index (χ0v) is 90.1. The standard InChI is InChI=1S/C20H29NO.C19H25NO2.C19H27NO.C18H23NO3.C18H25NO.C18H22O2.C18H24O/c1-20-9-4-5-17(20)15-7-6-13-11-19(22)18(21(2)3)12-16(13)14(15)8-10-20;1-19-7-2-3-16(19)14-5-4-12-9-18(22)17(20-11-21)10-15(12)13(14)6-8-19;1-19-8-3-4-16(19)14-6-5-12-10-18(21)17(20-2)11-15(12)13(14)7-9-19;1-18-7-2-3-15(18)13-5-4-11-9-17(20)16(19(21)22)10-14(11)12(13)6-8-18;1-18-7-2-3-15(18)13-5-4-11-9-17(20)16(19)10-14(11)12(13)6-8-18;1-18-9-8-14-13-5-3-12(19)10-11(13)2-4-15(14)16(18)6-7-17(18)20;1-18-9-2-3-17(18)16-6-4-12-11-13(19)5-7-14(12)15(16)8-10-18/h11-12,14-15,17,22H,4-10H2,1-3H3;9-11,13-14,16,22H,2-8H2,1H3,(H,20,21);10-11,13-14,16,20-21H,3-9H2,1-2H3;9-10,12-13,15,20H,2-8H2,1H3;9-10,12-13,15,20H,2-8,19H2,1H3;3,5,10,14-16,19H,2,4,6-9H2,1H3;5,7,11,15-17,19H,2-4,6,8-10H2,1H3/t14?,15?,17?,20-;2*13?,14?,16?,19-;2*12?,13?,15?,18-;14?,15?,16?,18-;15?,16?,17?,18-/m0000000/s1. The Labute approximate surface area is 872 Å². The van der Waals surface area contributed by atoms with Gasteiger partial charge in [-0.25, -0.2) is 0 Å². The van der Waals surface area contributed by atoms with Crippen LogP contribution in [0.1, 0.15) is 431 Å². The van der Waals surface area contributed by atoms with E-state index in [0.717, 1.165) is 176 Å². The van der Waals surface area contributed by atoms with E-state index in [4.69, 9.17) is 5.73 Å². The van der Waals surface area contributed by atoms with E-state index in [0.29, 0.717) is 120 Å². The van der Waals surface area contributed by atoms with Gasteiger partial charge in [-0.2, -0.15) is 0 Å². The maximum absolute atomic E-state index is 12.3. The summed E-state index contributed by atoms with van der Waals surface area (Å²) in [6.07, 6.45) is 62.9. The highest BCUT2D eigenvalue weighted by Crippen LogP contribution is 2.70. The van der Waals surface area contributed by atoms with Crippen LogP contribution in [0.15, 0.2) is 97.1 Å². The SMILES string of the molecule is CN(C)c1cc2c(cc1O)CCC1C2CC[C@]2(C)CCCC12.CNc1cc2c(cc1O)CCC1C2CC[C@]2(C)CCCC12.C[C@@]12CCCC1C1CCc3cc(O)c(N)cc3C1CC2.C[C@@]12CCCC1C1CCc3cc(O)c(NC=O)cc3C1CC2.C[C@@]12CCCC1C1CCc3cc(O)c([N+](=O)[O-])cc3C1CC2.C[C@@]12CCCC1C1CCc3cc(O)ccc3C1CC2.C[C@]12CCC3c4ccc(O)cc4CCC3C1CCC2=O. The molecule has 0 spiro atoms. The third-order valence-corrected chi connectivity index (χ3v) is 47.2. The number of rotatable bonds is 5. The first-order chi connectivity index (χ1) is 70.1. The summed E-state index contributed by atoms with van der Waals surface area (Å²) in [6.45, 7) is 17.4. The number of nitrogens with one attached hydrogen (secondary N) is 2. The van der Waals surface area contributed by atoms with Gasteiger partial charge in [-0.05, 0) is 577 Å². The molecule has 0 heterocycles. The Hall–Kier alpha value is -8.92. The summed E-state index contributed by atoms with van der Waals surface area (Å²) in [5, 5.41) is 86.4. The number of benzene rings is 7. The third kappa shape index (κ3) is 18.1. The molecular formula is C130H175N5O11. The minimum Gasteiger partial charge on any atom is -0.508 e. The number of phenolic OH excluding ortho intramolecular Hbond substituents is 7. The highest BCUT2D eigenvalue weighted by Gasteiger charge is 2.60. The van der Waals surface area contributed by atoms with E-state index in [1.165, 1.54) is 293 Å². The second-order valence-corrected chi connectivity index (χ2v) is 54.1. The van der Waals surface area contributed by atoms with E-state index in [9.17, 15) is 55.4 Å². The fourth-order valence-electron chi connectivity index (χ4n) is 39.8. The number of anilines is 4. The highest BCUT2D eigenvalue weighted by atomic mass is 16.6. The zero-order chi connectivity index (χ0) is 102. The number of carbonyl (C=O) groups is 2. The first-order valence-corrected chi connectivity index (χ1v) is 59.0. The molecule has 28 rings (SSSR count). The molecule has 28 atom stereocenters. The van der Waals surface area contributed by atoms with Crippen LogP contribution in [0.2, 0.25) is 0 Å². The van der Waals surface area contributed by atoms with Gasteiger partial charge in [0, 0.05) is 39.0 Å². The highest BCUT2D eigenvalue weighted by molar-refractivity contribution is 5.87. The van der Waals surface area contributed by atoms with E-state index in [2.05, 4.69) is 89.4 Å². The molecule has 0 aromatic heterocycles. The number of Topliss-reactive ketones (excluding diaryl/α,β-unsaturated/α-hetero) is 1. The molecule has 21 aliphatic rings. The number of nitrogens with zero attached hydrogens (tertiary/aromatic N) is 2. The van der Waals surface area contributed by atoms with Gasteiger partial charge in [0.25, 0.3) is 0 Å². The number of fused-ring (bicyclic) bond motifs is 35. The molecule has 21 aliphatic carbocycles. The minimum atomic E-state index is -0.457. The molecule has 11 N–H and O–H groups in total. The Balaban J connectivity index is 0.0000000969. The van der Waals surface area contributed by atoms with Gasteiger partial charge in [0.15, 0.2) is 5.75 Å². The fraction of sp³-hybridized carbons (Fsp3) is 0.662. The number of ketones is 1. The number of nitro benzene ring substituents is 1. The van der Waals surface area contributed by atoms with Gasteiger partial charge in [0.1, 0.15) is 40.3 Å². The van der Waals surface area contributed by atoms with Crippen LogP contribution in [0.4, 0.5) is 28.4 Å². The molecule has 146 heavy (non-hydrogen) atoms. The summed E-state index contributed by atoms with van der Waals surface area (Å²) >= 11 is 0. The lowest BCUT2D eigenvalue weighted by atomic mass is 9.55. The Morgan fingerprint density at radius 3 is 0.973 bits per heavy atom. The van der Waals surface area contributed by atoms with Gasteiger partial charge < -0.3 is 57.0 Å². The number of nitrogens with two attached hydrogens (primary N) is 1. The number of nitro groups is 1. The van der Waals surface area contributed by atoms with Gasteiger partial charge in [-0.3, -0.25) is 19.7 Å². The molecule has 0 aliphatic heterocycles. The quantitative estimate of drug-likeness (QED) is 0.0252. The number of hydrogen-bond donors (Lipinski definition) is 10. The van der Waals surface area contributed by atoms with Crippen molar-refractivity contribution in [2.75, 3.05) is 42.4 Å². The molecule has 16 nitrogen and oxygen atoms in total. The predicted molar refractivity (Wildman–Crippen MR) is 586 cm³/mol. The number of nitrogen functional groups attached to an aromatic ring is 1. The molecule has 0 saturated heterocycles. The van der Waals surface area contributed by atoms with Crippen LogP contribution in [0, 0.1) is 131 Å². The van der Waals surface area contributed by atoms with Gasteiger partial charge in [0.2, 0.25) is 6.41 Å². The van der Waals surface area contributed by atoms with Crippen molar-refractivity contribution < 1.29 is 50.3 Å². The molecule has 21 unspecified atom stereocenters. The average molecular weight is 1980 g/mol. The molecule has 14 fully saturated rings. The van der Waals surface area contributed by atoms with E-state index in [-0.39, 0.29) is 28.4 Å². The summed E-state index contributed by atoms with van der Waals surface area (Å²) in [4.78, 5) is 35.7. The summed E-state index contributed by atoms with van der Waals surface area (Å²) in [6, 6.07) is 31.8. The largest absolute Gasteiger partial charge is 0.508 e. The maximum atomic E-state index is 12.3. The Kier molecular flexibility index (Phi) is 27.6. The summed E-state index contributed by atoms with van der Waals surface area (Å²) < 4.78 is 0. The van der Waals surface area contributed by atoms with Crippen LogP contribution in [0.25, 0.3) is 0 Å². The maximum Gasteiger partial charge on any atom is 0.310 e. The van der Waals surface area contributed by atoms with Crippen molar-refractivity contribution in [2.24, 2.45) is 121 Å². The summed E-state index contributed by atoms with van der Waals surface area (Å²) in [5.74, 6) is 18.8. The van der Waals surface area contributed by atoms with Gasteiger partial charge in [-0.15, -0.1) is 0 Å². The van der Waals surface area contributed by atoms with Gasteiger partial charge >= 0.3 is 5.69 Å². The first-order valence-electron chi connectivity index (χ1n) is 59.0. The lowest BCUT2D eigenvalue weighted by molar-refractivity contribution is -0.386. The number of hydrogen-bond acceptors (Lipinski definition) is 14. The third-order valence-electron chi connectivity index (χ3n) is 47.2. The lowest BCUT2D eigenvalue weighted by Crippen LogP contribution is -2.42. The molecule has 786 valence electrons. The number of carbonyl (C=O) groups excluding carboxylic acids is 2. The average Bonchev–Trinajstić information content (AvgIpc) is 1.53. The molecule has 14 saturated carbocycles. The van der Waals surface area contributed by atoms with Gasteiger partial charge in [-0.1, -0.05) is 99.1 Å². The summed E-state index contributed by atoms with van der Waals surface area (Å²) in [7, 11) is 5.95. The summed E-state index contributed by atoms with van der Waals surface area (Å²) in [5.41, 5.74) is 31.8. The normalized spacial score (nSPS) is 37.7. The monoisotopic (exact) mass is 1980 g/mol. The Morgan fingerprint density at radius 2 is 0.623 bits per heavy atom. The first kappa shape index (κ1) is 102. The smallest absolute Gasteiger partial charge is 0.310 e. The van der Waals surface area contributed by atoms with Crippen molar-refractivity contribution in [3.63, 3.8) is 0 Å². The second kappa shape index (κ2) is 39.7. The van der Waals surface area contributed by atoms with Crippen molar-refractivity contribution in [3.8, 4) is 40.2 Å². The fourth-order valence-corrected chi connectivity index (χ4v) is 39.8. The zero-order valence-electron chi connectivity index (χ0n) is 90.1. The predicted octanol–water partition coefficient (Wildman–Crippen LogP) is 30.8. The topological polar surface area (TPSA) is 272 Å². The molecule has 1 amide bonds. The van der Waals surface area contributed by atoms with Crippen molar-refractivity contribution in [3.05, 3.63) is 185 Å². The number of aryl methyl sites for hydroxylation is 7. The van der Waals surface area contributed by atoms with Crippen LogP contribution in [0.3, 0.4) is 0 Å². The number of amides is 1. The van der Waals surface area contributed by atoms with Crippen molar-refractivity contribution in [1.29, 1.82) is 0 Å². The molecule has 7 aromatic carbocycles. The van der Waals surface area contributed by atoms with Crippen molar-refractivity contribution in [1.82, 2.24) is 0 Å². The Bertz CT molecular complexity index is 6080. The van der Waals surface area contributed by atoms with E-state index in [1.807, 2.05) is 80.6 Å². The van der Waals surface area contributed by atoms with Crippen LogP contribution >= 0.6 is 0 Å². The van der Waals surface area contributed by atoms with Crippen LogP contribution < -0.4 is 21.3 Å². The molecule has 0 bridgehead atoms. The minimum absolute atomic E-state index is 0.0322. The molecule has 16 heteroatoms. The number of aromatic hydroxyl groups is 7. The van der Waals surface area contributed by atoms with Crippen molar-refractivity contribution in [2.45, 2.75) is 398 Å². The van der Waals surface area contributed by atoms with Crippen LogP contribution in [0.5, 0.6) is 40.2 Å². The molecule has 7 aromatic rings. The molecule has 0 radical (unpaired) electrons. The lowest BCUT2D eigenvalue weighted by Gasteiger charge is -2.49. The van der Waals surface area contributed by atoms with Gasteiger partial charge in [0.05, 0.1) is 27.7 Å². The number of phenols is 7. The van der Waals surface area contributed by atoms with E-state index >= 15 is 0 Å². The van der Waals surface area contributed by atoms with E-state index in [1.54, 1.807) is 23.3 Å².